The molecule has 1 aromatic carbocycles. The van der Waals surface area contributed by atoms with Gasteiger partial charge >= 0.3 is 5.97 Å². The van der Waals surface area contributed by atoms with Gasteiger partial charge in [-0.3, -0.25) is 9.59 Å². The molecule has 0 saturated carbocycles. The molecule has 6 heteroatoms. The molecule has 0 spiro atoms. The lowest BCUT2D eigenvalue weighted by Gasteiger charge is -2.29. The summed E-state index contributed by atoms with van der Waals surface area (Å²) in [6.07, 6.45) is 0.201. The fraction of sp³-hybridized carbons (Fsp3) is 0.429. The Morgan fingerprint density at radius 2 is 2.00 bits per heavy atom. The molecule has 0 heterocycles. The monoisotopic (exact) mass is 283 g/mol. The molecule has 1 unspecified atom stereocenters. The standard InChI is InChI=1S/C14H18FNO4/c1-2-10(9-17)16(8-7-13(18)19)14(20)11-5-3-4-6-12(11)15/h3-6,10,17H,2,7-9H2,1H3,(H,18,19). The molecule has 5 nitrogen and oxygen atoms in total. The first-order valence-corrected chi connectivity index (χ1v) is 6.39. The Balaban J connectivity index is 3.00. The van der Waals surface area contributed by atoms with Crippen molar-refractivity contribution >= 4 is 11.9 Å². The van der Waals surface area contributed by atoms with Crippen molar-refractivity contribution in [1.82, 2.24) is 4.90 Å². The topological polar surface area (TPSA) is 77.8 Å². The second-order valence-electron chi connectivity index (χ2n) is 4.37. The number of benzene rings is 1. The molecule has 1 amide bonds. The quantitative estimate of drug-likeness (QED) is 0.795. The number of rotatable bonds is 7. The summed E-state index contributed by atoms with van der Waals surface area (Å²) in [4.78, 5) is 24.2. The molecule has 110 valence electrons. The van der Waals surface area contributed by atoms with Crippen LogP contribution in [-0.4, -0.2) is 46.2 Å². The summed E-state index contributed by atoms with van der Waals surface area (Å²) in [5, 5.41) is 18.0. The second kappa shape index (κ2) is 7.59. The molecule has 1 aromatic rings. The molecule has 0 fully saturated rings. The van der Waals surface area contributed by atoms with E-state index in [1.165, 1.54) is 29.2 Å². The third kappa shape index (κ3) is 4.03. The number of hydrogen-bond donors (Lipinski definition) is 2. The third-order valence-corrected chi connectivity index (χ3v) is 3.05. The zero-order chi connectivity index (χ0) is 15.1. The van der Waals surface area contributed by atoms with E-state index in [2.05, 4.69) is 0 Å². The molecular formula is C14H18FNO4. The number of carboxylic acid groups (broad SMARTS) is 1. The summed E-state index contributed by atoms with van der Waals surface area (Å²) in [6, 6.07) is 4.99. The van der Waals surface area contributed by atoms with Crippen LogP contribution in [0.3, 0.4) is 0 Å². The van der Waals surface area contributed by atoms with Gasteiger partial charge in [0.05, 0.1) is 24.6 Å². The lowest BCUT2D eigenvalue weighted by Crippen LogP contribution is -2.43. The molecule has 0 bridgehead atoms. The Morgan fingerprint density at radius 1 is 1.35 bits per heavy atom. The third-order valence-electron chi connectivity index (χ3n) is 3.05. The molecule has 0 aliphatic heterocycles. The summed E-state index contributed by atoms with van der Waals surface area (Å²) in [6.45, 7) is 1.40. The maximum atomic E-state index is 13.6. The minimum atomic E-state index is -1.05. The largest absolute Gasteiger partial charge is 0.481 e. The highest BCUT2D eigenvalue weighted by Crippen LogP contribution is 2.14. The number of carboxylic acids is 1. The van der Waals surface area contributed by atoms with Crippen molar-refractivity contribution in [2.24, 2.45) is 0 Å². The van der Waals surface area contributed by atoms with Crippen molar-refractivity contribution < 1.29 is 24.2 Å². The fourth-order valence-corrected chi connectivity index (χ4v) is 1.90. The van der Waals surface area contributed by atoms with Crippen LogP contribution >= 0.6 is 0 Å². The van der Waals surface area contributed by atoms with Crippen molar-refractivity contribution in [3.8, 4) is 0 Å². The second-order valence-corrected chi connectivity index (χ2v) is 4.37. The van der Waals surface area contributed by atoms with Crippen LogP contribution in [0.4, 0.5) is 4.39 Å². The molecular weight excluding hydrogens is 265 g/mol. The van der Waals surface area contributed by atoms with Gasteiger partial charge in [0.1, 0.15) is 5.82 Å². The predicted molar refractivity (Wildman–Crippen MR) is 70.9 cm³/mol. The van der Waals surface area contributed by atoms with Gasteiger partial charge in [0.25, 0.3) is 5.91 Å². The number of aliphatic hydroxyl groups is 1. The number of carbonyl (C=O) groups excluding carboxylic acids is 1. The van der Waals surface area contributed by atoms with E-state index in [4.69, 9.17) is 5.11 Å². The van der Waals surface area contributed by atoms with Crippen molar-refractivity contribution in [2.45, 2.75) is 25.8 Å². The zero-order valence-electron chi connectivity index (χ0n) is 11.3. The minimum absolute atomic E-state index is 0.0679. The van der Waals surface area contributed by atoms with Gasteiger partial charge in [0.2, 0.25) is 0 Å². The van der Waals surface area contributed by atoms with Crippen LogP contribution in [0.2, 0.25) is 0 Å². The Labute approximate surface area is 116 Å². The Hall–Kier alpha value is -1.95. The summed E-state index contributed by atoms with van der Waals surface area (Å²) in [5.74, 6) is -2.32. The van der Waals surface area contributed by atoms with Crippen molar-refractivity contribution in [1.29, 1.82) is 0 Å². The average molecular weight is 283 g/mol. The normalized spacial score (nSPS) is 11.9. The van der Waals surface area contributed by atoms with E-state index in [-0.39, 0.29) is 25.1 Å². The number of aliphatic carboxylic acids is 1. The number of hydrogen-bond acceptors (Lipinski definition) is 3. The van der Waals surface area contributed by atoms with Gasteiger partial charge < -0.3 is 15.1 Å². The van der Waals surface area contributed by atoms with Crippen molar-refractivity contribution in [3.05, 3.63) is 35.6 Å². The van der Waals surface area contributed by atoms with Gasteiger partial charge in [-0.05, 0) is 18.6 Å². The summed E-state index contributed by atoms with van der Waals surface area (Å²) >= 11 is 0. The number of aliphatic hydroxyl groups excluding tert-OH is 1. The lowest BCUT2D eigenvalue weighted by atomic mass is 10.1. The van der Waals surface area contributed by atoms with Crippen LogP contribution in [0.1, 0.15) is 30.1 Å². The molecule has 1 atom stereocenters. The molecule has 0 radical (unpaired) electrons. The van der Waals surface area contributed by atoms with Gasteiger partial charge in [-0.2, -0.15) is 0 Å². The average Bonchev–Trinajstić information content (AvgIpc) is 2.43. The molecule has 1 rings (SSSR count). The Kier molecular flexibility index (Phi) is 6.11. The van der Waals surface area contributed by atoms with Crippen LogP contribution < -0.4 is 0 Å². The SMILES string of the molecule is CCC(CO)N(CCC(=O)O)C(=O)c1ccccc1F. The maximum absolute atomic E-state index is 13.6. The van der Waals surface area contributed by atoms with E-state index in [0.717, 1.165) is 0 Å². The predicted octanol–water partition coefficient (Wildman–Crippen LogP) is 1.51. The fourth-order valence-electron chi connectivity index (χ4n) is 1.90. The molecule has 0 saturated heterocycles. The van der Waals surface area contributed by atoms with Crippen LogP contribution in [0, 0.1) is 5.82 Å². The van der Waals surface area contributed by atoms with Gasteiger partial charge in [-0.1, -0.05) is 19.1 Å². The molecule has 20 heavy (non-hydrogen) atoms. The number of halogens is 1. The Bertz CT molecular complexity index is 474. The Morgan fingerprint density at radius 3 is 2.50 bits per heavy atom. The number of amides is 1. The highest BCUT2D eigenvalue weighted by Gasteiger charge is 2.25. The number of nitrogens with zero attached hydrogens (tertiary/aromatic N) is 1. The smallest absolute Gasteiger partial charge is 0.305 e. The van der Waals surface area contributed by atoms with Crippen molar-refractivity contribution in [3.63, 3.8) is 0 Å². The maximum Gasteiger partial charge on any atom is 0.305 e. The first-order chi connectivity index (χ1) is 9.51. The van der Waals surface area contributed by atoms with Crippen LogP contribution in [0.25, 0.3) is 0 Å². The highest BCUT2D eigenvalue weighted by molar-refractivity contribution is 5.94. The molecule has 0 aliphatic carbocycles. The van der Waals surface area contributed by atoms with Crippen molar-refractivity contribution in [2.75, 3.05) is 13.2 Å². The van der Waals surface area contributed by atoms with Gasteiger partial charge in [-0.25, -0.2) is 4.39 Å². The summed E-state index contributed by atoms with van der Waals surface area (Å²) < 4.78 is 13.6. The lowest BCUT2D eigenvalue weighted by molar-refractivity contribution is -0.137. The van der Waals surface area contributed by atoms with Crippen LogP contribution in [0.15, 0.2) is 24.3 Å². The summed E-state index contributed by atoms with van der Waals surface area (Å²) in [7, 11) is 0. The van der Waals surface area contributed by atoms with Gasteiger partial charge in [-0.15, -0.1) is 0 Å². The molecule has 0 aliphatic rings. The molecule has 0 aromatic heterocycles. The van der Waals surface area contributed by atoms with E-state index >= 15 is 0 Å². The van der Waals surface area contributed by atoms with Crippen LogP contribution in [0.5, 0.6) is 0 Å². The van der Waals surface area contributed by atoms with E-state index in [0.29, 0.717) is 6.42 Å². The number of carbonyl (C=O) groups is 2. The van der Waals surface area contributed by atoms with Gasteiger partial charge in [0, 0.05) is 6.54 Å². The zero-order valence-corrected chi connectivity index (χ0v) is 11.3. The minimum Gasteiger partial charge on any atom is -0.481 e. The van der Waals surface area contributed by atoms with E-state index in [9.17, 15) is 19.1 Å². The van der Waals surface area contributed by atoms with Crippen LogP contribution in [-0.2, 0) is 4.79 Å². The summed E-state index contributed by atoms with van der Waals surface area (Å²) in [5.41, 5.74) is -0.121. The first kappa shape index (κ1) is 16.1. The van der Waals surface area contributed by atoms with E-state index in [1.54, 1.807) is 6.92 Å². The van der Waals surface area contributed by atoms with E-state index < -0.39 is 23.7 Å². The first-order valence-electron chi connectivity index (χ1n) is 6.39. The molecule has 2 N–H and O–H groups in total. The van der Waals surface area contributed by atoms with E-state index in [1.807, 2.05) is 0 Å². The van der Waals surface area contributed by atoms with Gasteiger partial charge in [0.15, 0.2) is 0 Å². The highest BCUT2D eigenvalue weighted by atomic mass is 19.1.